The topological polar surface area (TPSA) is 86.7 Å². The molecule has 2 aliphatic rings. The predicted molar refractivity (Wildman–Crippen MR) is 64.6 cm³/mol. The van der Waals surface area contributed by atoms with Crippen molar-refractivity contribution in [2.45, 2.75) is 24.8 Å². The van der Waals surface area contributed by atoms with Gasteiger partial charge < -0.3 is 5.11 Å². The zero-order valence-corrected chi connectivity index (χ0v) is 10.0. The number of nitrogens with zero attached hydrogens (tertiary/aromatic N) is 1. The van der Waals surface area contributed by atoms with E-state index in [0.29, 0.717) is 17.7 Å². The maximum atomic E-state index is 12.0. The molecule has 1 heterocycles. The highest BCUT2D eigenvalue weighted by Crippen LogP contribution is 2.36. The first-order valence-electron chi connectivity index (χ1n) is 6.00. The molecule has 98 valence electrons. The normalized spacial score (nSPS) is 25.4. The molecule has 1 unspecified atom stereocenters. The molecule has 1 fully saturated rings. The summed E-state index contributed by atoms with van der Waals surface area (Å²) in [7, 11) is 0. The smallest absolute Gasteiger partial charge is 0.416 e. The maximum absolute atomic E-state index is 12.0. The molecule has 1 saturated heterocycles. The lowest BCUT2D eigenvalue weighted by Gasteiger charge is -2.36. The molecule has 0 saturated carbocycles. The van der Waals surface area contributed by atoms with Crippen molar-refractivity contribution in [2.75, 3.05) is 0 Å². The Bertz CT molecular complexity index is 598. The van der Waals surface area contributed by atoms with Gasteiger partial charge in [0.1, 0.15) is 5.54 Å². The number of benzene rings is 1. The molecular weight excluding hydrogens is 248 g/mol. The molecule has 1 spiro atoms. The molecule has 1 atom stereocenters. The number of urea groups is 1. The summed E-state index contributed by atoms with van der Waals surface area (Å²) in [5, 5.41) is 11.3. The van der Waals surface area contributed by atoms with E-state index >= 15 is 0 Å². The molecule has 2 N–H and O–H groups in total. The van der Waals surface area contributed by atoms with E-state index in [1.807, 2.05) is 24.3 Å². The second kappa shape index (κ2) is 3.81. The second-order valence-corrected chi connectivity index (χ2v) is 4.85. The number of carboxylic acid groups (broad SMARTS) is 1. The van der Waals surface area contributed by atoms with E-state index in [4.69, 9.17) is 0 Å². The molecular formula is C13H12N2O4. The molecule has 1 aromatic carbocycles. The van der Waals surface area contributed by atoms with Gasteiger partial charge in [0.15, 0.2) is 0 Å². The van der Waals surface area contributed by atoms with Gasteiger partial charge in [0.25, 0.3) is 5.91 Å². The van der Waals surface area contributed by atoms with Crippen molar-refractivity contribution in [2.24, 2.45) is 0 Å². The van der Waals surface area contributed by atoms with Gasteiger partial charge in [-0.1, -0.05) is 24.3 Å². The first-order valence-corrected chi connectivity index (χ1v) is 6.00. The summed E-state index contributed by atoms with van der Waals surface area (Å²) in [4.78, 5) is 35.6. The number of hydrogen-bond acceptors (Lipinski definition) is 3. The largest absolute Gasteiger partial charge is 0.465 e. The fourth-order valence-electron chi connectivity index (χ4n) is 2.94. The number of imide groups is 2. The highest BCUT2D eigenvalue weighted by Gasteiger charge is 2.57. The lowest BCUT2D eigenvalue weighted by molar-refractivity contribution is -0.126. The van der Waals surface area contributed by atoms with E-state index in [2.05, 4.69) is 5.32 Å². The number of rotatable bonds is 0. The highest BCUT2D eigenvalue weighted by atomic mass is 16.4. The molecule has 1 aliphatic heterocycles. The zero-order chi connectivity index (χ0) is 13.6. The predicted octanol–water partition coefficient (Wildman–Crippen LogP) is 1.14. The van der Waals surface area contributed by atoms with E-state index in [0.717, 1.165) is 11.1 Å². The first kappa shape index (κ1) is 11.7. The van der Waals surface area contributed by atoms with Gasteiger partial charge in [-0.2, -0.15) is 0 Å². The Kier molecular flexibility index (Phi) is 2.35. The van der Waals surface area contributed by atoms with Crippen LogP contribution in [0.3, 0.4) is 0 Å². The van der Waals surface area contributed by atoms with Crippen molar-refractivity contribution < 1.29 is 19.5 Å². The van der Waals surface area contributed by atoms with Crippen LogP contribution >= 0.6 is 0 Å². The second-order valence-electron chi connectivity index (χ2n) is 4.85. The number of carbonyl (C=O) groups is 3. The summed E-state index contributed by atoms with van der Waals surface area (Å²) < 4.78 is 0. The summed E-state index contributed by atoms with van der Waals surface area (Å²) >= 11 is 0. The lowest BCUT2D eigenvalue weighted by Crippen LogP contribution is -2.55. The fourth-order valence-corrected chi connectivity index (χ4v) is 2.94. The summed E-state index contributed by atoms with van der Waals surface area (Å²) in [6.45, 7) is 0. The Hall–Kier alpha value is -2.37. The Morgan fingerprint density at radius 3 is 2.63 bits per heavy atom. The molecule has 0 bridgehead atoms. The maximum Gasteiger partial charge on any atom is 0.416 e. The minimum absolute atomic E-state index is 0.243. The van der Waals surface area contributed by atoms with Gasteiger partial charge >= 0.3 is 12.1 Å². The van der Waals surface area contributed by atoms with Gasteiger partial charge in [0, 0.05) is 6.42 Å². The highest BCUT2D eigenvalue weighted by molar-refractivity contribution is 6.13. The van der Waals surface area contributed by atoms with E-state index in [9.17, 15) is 19.5 Å². The quantitative estimate of drug-likeness (QED) is 0.685. The number of nitrogens with one attached hydrogen (secondary N) is 1. The van der Waals surface area contributed by atoms with Crippen LogP contribution in [-0.2, 0) is 17.6 Å². The monoisotopic (exact) mass is 260 g/mol. The standard InChI is InChI=1S/C13H12N2O4/c16-10-13(15(12(18)19)11(17)14-10)6-5-8-3-1-2-4-9(8)7-13/h1-4H,5-7H2,(H,18,19)(H,14,16,17). The van der Waals surface area contributed by atoms with Crippen LogP contribution < -0.4 is 5.32 Å². The van der Waals surface area contributed by atoms with E-state index in [1.165, 1.54) is 0 Å². The molecule has 6 heteroatoms. The zero-order valence-electron chi connectivity index (χ0n) is 10.0. The van der Waals surface area contributed by atoms with Crippen LogP contribution in [0.15, 0.2) is 24.3 Å². The minimum Gasteiger partial charge on any atom is -0.465 e. The lowest BCUT2D eigenvalue weighted by atomic mass is 9.77. The van der Waals surface area contributed by atoms with Gasteiger partial charge in [-0.15, -0.1) is 0 Å². The molecule has 19 heavy (non-hydrogen) atoms. The number of fused-ring (bicyclic) bond motifs is 1. The number of amides is 4. The molecule has 3 rings (SSSR count). The average Bonchev–Trinajstić information content (AvgIpc) is 2.60. The van der Waals surface area contributed by atoms with Crippen molar-refractivity contribution in [1.29, 1.82) is 0 Å². The van der Waals surface area contributed by atoms with Gasteiger partial charge in [-0.25, -0.2) is 14.5 Å². The molecule has 1 aromatic rings. The van der Waals surface area contributed by atoms with E-state index in [1.54, 1.807) is 0 Å². The van der Waals surface area contributed by atoms with Crippen molar-refractivity contribution in [3.63, 3.8) is 0 Å². The number of carbonyl (C=O) groups excluding carboxylic acids is 2. The summed E-state index contributed by atoms with van der Waals surface area (Å²) in [5.41, 5.74) is 0.743. The Balaban J connectivity index is 2.07. The Morgan fingerprint density at radius 1 is 1.26 bits per heavy atom. The van der Waals surface area contributed by atoms with Crippen LogP contribution in [0.4, 0.5) is 9.59 Å². The summed E-state index contributed by atoms with van der Waals surface area (Å²) in [6.07, 6.45) is -0.232. The SMILES string of the molecule is O=C(O)N1C(=O)NC(=O)C12CCc1ccccc1C2. The van der Waals surface area contributed by atoms with E-state index < -0.39 is 23.6 Å². The fraction of sp³-hybridized carbons (Fsp3) is 0.308. The third kappa shape index (κ3) is 1.53. The Labute approximate surface area is 109 Å². The van der Waals surface area contributed by atoms with E-state index in [-0.39, 0.29) is 6.42 Å². The molecule has 6 nitrogen and oxygen atoms in total. The third-order valence-corrected chi connectivity index (χ3v) is 3.87. The van der Waals surface area contributed by atoms with Crippen LogP contribution in [0.5, 0.6) is 0 Å². The van der Waals surface area contributed by atoms with Crippen LogP contribution in [-0.4, -0.2) is 33.6 Å². The summed E-state index contributed by atoms with van der Waals surface area (Å²) in [5.74, 6) is -0.519. The van der Waals surface area contributed by atoms with Gasteiger partial charge in [0.05, 0.1) is 0 Å². The Morgan fingerprint density at radius 2 is 1.95 bits per heavy atom. The third-order valence-electron chi connectivity index (χ3n) is 3.87. The van der Waals surface area contributed by atoms with Gasteiger partial charge in [-0.3, -0.25) is 10.1 Å². The van der Waals surface area contributed by atoms with Gasteiger partial charge in [0.2, 0.25) is 0 Å². The van der Waals surface area contributed by atoms with Crippen LogP contribution in [0.2, 0.25) is 0 Å². The average molecular weight is 260 g/mol. The van der Waals surface area contributed by atoms with Gasteiger partial charge in [-0.05, 0) is 24.0 Å². The molecule has 0 aromatic heterocycles. The summed E-state index contributed by atoms with van der Waals surface area (Å²) in [6, 6.07) is 6.73. The molecule has 0 radical (unpaired) electrons. The van der Waals surface area contributed by atoms with Crippen LogP contribution in [0.1, 0.15) is 17.5 Å². The minimum atomic E-state index is -1.39. The molecule has 1 aliphatic carbocycles. The number of hydrogen-bond donors (Lipinski definition) is 2. The van der Waals surface area contributed by atoms with Crippen molar-refractivity contribution in [1.82, 2.24) is 10.2 Å². The van der Waals surface area contributed by atoms with Crippen LogP contribution in [0.25, 0.3) is 0 Å². The van der Waals surface area contributed by atoms with Crippen molar-refractivity contribution in [3.05, 3.63) is 35.4 Å². The number of aryl methyl sites for hydroxylation is 1. The van der Waals surface area contributed by atoms with Crippen molar-refractivity contribution in [3.8, 4) is 0 Å². The first-order chi connectivity index (χ1) is 9.04. The van der Waals surface area contributed by atoms with Crippen LogP contribution in [0, 0.1) is 0 Å². The van der Waals surface area contributed by atoms with Crippen molar-refractivity contribution >= 4 is 18.0 Å². The molecule has 4 amide bonds.